The predicted octanol–water partition coefficient (Wildman–Crippen LogP) is 0.963. The van der Waals surface area contributed by atoms with Crippen LogP contribution in [0.1, 0.15) is 17.3 Å². The first-order chi connectivity index (χ1) is 8.06. The Morgan fingerprint density at radius 3 is 2.82 bits per heavy atom. The molecular weight excluding hydrogens is 222 g/mol. The summed E-state index contributed by atoms with van der Waals surface area (Å²) in [6.07, 6.45) is -0.409. The Bertz CT molecular complexity index is 446. The molecule has 1 heterocycles. The van der Waals surface area contributed by atoms with E-state index in [-0.39, 0.29) is 18.2 Å². The van der Waals surface area contributed by atoms with Crippen LogP contribution in [-0.4, -0.2) is 42.0 Å². The lowest BCUT2D eigenvalue weighted by Gasteiger charge is -2.39. The number of carbonyl (C=O) groups is 1. The van der Waals surface area contributed by atoms with Gasteiger partial charge in [0.05, 0.1) is 18.3 Å². The smallest absolute Gasteiger partial charge is 0.339 e. The number of aliphatic hydroxyl groups excluding tert-OH is 1. The zero-order valence-electron chi connectivity index (χ0n) is 9.75. The molecule has 17 heavy (non-hydrogen) atoms. The van der Waals surface area contributed by atoms with E-state index in [1.807, 2.05) is 24.9 Å². The lowest BCUT2D eigenvalue weighted by atomic mass is 10.1. The van der Waals surface area contributed by atoms with Crippen molar-refractivity contribution in [2.24, 2.45) is 0 Å². The minimum absolute atomic E-state index is 0.00320. The first kappa shape index (κ1) is 11.7. The van der Waals surface area contributed by atoms with Crippen LogP contribution in [0.5, 0.6) is 5.75 Å². The Morgan fingerprint density at radius 2 is 2.24 bits per heavy atom. The van der Waals surface area contributed by atoms with E-state index in [9.17, 15) is 9.90 Å². The van der Waals surface area contributed by atoms with Gasteiger partial charge in [0.25, 0.3) is 0 Å². The van der Waals surface area contributed by atoms with Gasteiger partial charge in [0.15, 0.2) is 5.75 Å². The molecule has 2 N–H and O–H groups in total. The first-order valence-corrected chi connectivity index (χ1v) is 5.43. The van der Waals surface area contributed by atoms with Crippen LogP contribution in [-0.2, 0) is 0 Å². The number of aromatic carboxylic acids is 1. The second kappa shape index (κ2) is 4.25. The quantitative estimate of drug-likeness (QED) is 0.801. The monoisotopic (exact) mass is 237 g/mol. The van der Waals surface area contributed by atoms with Gasteiger partial charge in [-0.2, -0.15) is 0 Å². The van der Waals surface area contributed by atoms with Crippen molar-refractivity contribution in [1.29, 1.82) is 0 Å². The number of likely N-dealkylation sites (N-methyl/N-ethyl adjacent to an activating group) is 1. The summed E-state index contributed by atoms with van der Waals surface area (Å²) < 4.78 is 5.58. The van der Waals surface area contributed by atoms with Crippen molar-refractivity contribution in [2.75, 3.05) is 18.6 Å². The number of rotatable bonds is 2. The SMILES string of the molecule is CC1C(CO)Oc2c(C(=O)O)cccc2N1C. The van der Waals surface area contributed by atoms with E-state index in [1.54, 1.807) is 6.07 Å². The van der Waals surface area contributed by atoms with E-state index in [0.29, 0.717) is 5.75 Å². The van der Waals surface area contributed by atoms with Crippen LogP contribution in [0.25, 0.3) is 0 Å². The molecule has 1 aliphatic heterocycles. The number of hydrogen-bond acceptors (Lipinski definition) is 4. The fraction of sp³-hybridized carbons (Fsp3) is 0.417. The topological polar surface area (TPSA) is 70.0 Å². The van der Waals surface area contributed by atoms with Gasteiger partial charge >= 0.3 is 5.97 Å². The molecule has 0 radical (unpaired) electrons. The number of para-hydroxylation sites is 1. The Labute approximate surface area is 99.2 Å². The fourth-order valence-electron chi connectivity index (χ4n) is 2.00. The molecular formula is C12H15NO4. The zero-order chi connectivity index (χ0) is 12.6. The lowest BCUT2D eigenvalue weighted by molar-refractivity contribution is 0.0660. The van der Waals surface area contributed by atoms with Crippen molar-refractivity contribution in [3.05, 3.63) is 23.8 Å². The van der Waals surface area contributed by atoms with Crippen LogP contribution < -0.4 is 9.64 Å². The molecule has 0 spiro atoms. The van der Waals surface area contributed by atoms with E-state index in [0.717, 1.165) is 5.69 Å². The van der Waals surface area contributed by atoms with Crippen molar-refractivity contribution in [2.45, 2.75) is 19.1 Å². The third-order valence-electron chi connectivity index (χ3n) is 3.20. The van der Waals surface area contributed by atoms with E-state index in [2.05, 4.69) is 0 Å². The highest BCUT2D eigenvalue weighted by Crippen LogP contribution is 2.37. The van der Waals surface area contributed by atoms with E-state index >= 15 is 0 Å². The number of anilines is 1. The summed E-state index contributed by atoms with van der Waals surface area (Å²) in [5, 5.41) is 18.3. The molecule has 0 aliphatic carbocycles. The van der Waals surface area contributed by atoms with Crippen molar-refractivity contribution in [1.82, 2.24) is 0 Å². The van der Waals surface area contributed by atoms with E-state index in [1.165, 1.54) is 6.07 Å². The molecule has 0 aromatic heterocycles. The highest BCUT2D eigenvalue weighted by molar-refractivity contribution is 5.93. The Balaban J connectivity index is 2.52. The van der Waals surface area contributed by atoms with Gasteiger partial charge < -0.3 is 19.8 Å². The second-order valence-electron chi connectivity index (χ2n) is 4.15. The number of hydrogen-bond donors (Lipinski definition) is 2. The third-order valence-corrected chi connectivity index (χ3v) is 3.20. The van der Waals surface area contributed by atoms with Crippen LogP contribution in [0.2, 0.25) is 0 Å². The van der Waals surface area contributed by atoms with Gasteiger partial charge in [-0.3, -0.25) is 0 Å². The number of ether oxygens (including phenoxy) is 1. The first-order valence-electron chi connectivity index (χ1n) is 5.43. The molecule has 92 valence electrons. The number of nitrogens with zero attached hydrogens (tertiary/aromatic N) is 1. The molecule has 5 heteroatoms. The van der Waals surface area contributed by atoms with Gasteiger partial charge in [-0.1, -0.05) is 6.07 Å². The highest BCUT2D eigenvalue weighted by Gasteiger charge is 2.32. The summed E-state index contributed by atoms with van der Waals surface area (Å²) in [5.41, 5.74) is 0.863. The zero-order valence-corrected chi connectivity index (χ0v) is 9.75. The van der Waals surface area contributed by atoms with Gasteiger partial charge in [0.2, 0.25) is 0 Å². The van der Waals surface area contributed by atoms with Crippen molar-refractivity contribution >= 4 is 11.7 Å². The molecule has 2 unspecified atom stereocenters. The summed E-state index contributed by atoms with van der Waals surface area (Å²) in [4.78, 5) is 13.0. The normalized spacial score (nSPS) is 22.9. The van der Waals surface area contributed by atoms with Crippen molar-refractivity contribution < 1.29 is 19.7 Å². The minimum Gasteiger partial charge on any atom is -0.483 e. The lowest BCUT2D eigenvalue weighted by Crippen LogP contribution is -2.48. The molecule has 1 aliphatic rings. The Kier molecular flexibility index (Phi) is 2.93. The molecule has 5 nitrogen and oxygen atoms in total. The summed E-state index contributed by atoms with van der Waals surface area (Å²) >= 11 is 0. The molecule has 0 fully saturated rings. The number of benzene rings is 1. The van der Waals surface area contributed by atoms with Gasteiger partial charge in [-0.05, 0) is 19.1 Å². The van der Waals surface area contributed by atoms with Gasteiger partial charge in [0.1, 0.15) is 11.7 Å². The van der Waals surface area contributed by atoms with Crippen LogP contribution in [0, 0.1) is 0 Å². The summed E-state index contributed by atoms with van der Waals surface area (Å²) in [7, 11) is 1.86. The molecule has 0 saturated carbocycles. The van der Waals surface area contributed by atoms with Crippen LogP contribution in [0.15, 0.2) is 18.2 Å². The van der Waals surface area contributed by atoms with E-state index in [4.69, 9.17) is 9.84 Å². The average molecular weight is 237 g/mol. The number of carboxylic acid groups (broad SMARTS) is 1. The third kappa shape index (κ3) is 1.82. The summed E-state index contributed by atoms with van der Waals surface area (Å²) in [6.45, 7) is 1.79. The second-order valence-corrected chi connectivity index (χ2v) is 4.15. The average Bonchev–Trinajstić information content (AvgIpc) is 2.32. The maximum atomic E-state index is 11.1. The minimum atomic E-state index is -1.03. The molecule has 0 saturated heterocycles. The maximum Gasteiger partial charge on any atom is 0.339 e. The summed E-state index contributed by atoms with van der Waals surface area (Å²) in [6, 6.07) is 5.00. The van der Waals surface area contributed by atoms with Crippen LogP contribution in [0.4, 0.5) is 5.69 Å². The van der Waals surface area contributed by atoms with Crippen LogP contribution in [0.3, 0.4) is 0 Å². The summed E-state index contributed by atoms with van der Waals surface area (Å²) in [5.74, 6) is -0.693. The maximum absolute atomic E-state index is 11.1. The van der Waals surface area contributed by atoms with Gasteiger partial charge in [-0.15, -0.1) is 0 Å². The highest BCUT2D eigenvalue weighted by atomic mass is 16.5. The largest absolute Gasteiger partial charge is 0.483 e. The molecule has 1 aromatic carbocycles. The van der Waals surface area contributed by atoms with E-state index < -0.39 is 12.1 Å². The number of fused-ring (bicyclic) bond motifs is 1. The predicted molar refractivity (Wildman–Crippen MR) is 62.8 cm³/mol. The Morgan fingerprint density at radius 1 is 1.53 bits per heavy atom. The number of carboxylic acids is 1. The fourth-order valence-corrected chi connectivity index (χ4v) is 2.00. The van der Waals surface area contributed by atoms with Gasteiger partial charge in [-0.25, -0.2) is 4.79 Å². The van der Waals surface area contributed by atoms with Gasteiger partial charge in [0, 0.05) is 7.05 Å². The molecule has 0 bridgehead atoms. The molecule has 2 atom stereocenters. The van der Waals surface area contributed by atoms with Crippen molar-refractivity contribution in [3.63, 3.8) is 0 Å². The standard InChI is InChI=1S/C12H15NO4/c1-7-10(6-14)17-11-8(12(15)16)4-3-5-9(11)13(7)2/h3-5,7,10,14H,6H2,1-2H3,(H,15,16). The molecule has 2 rings (SSSR count). The number of aliphatic hydroxyl groups is 1. The Hall–Kier alpha value is -1.75. The molecule has 0 amide bonds. The van der Waals surface area contributed by atoms with Crippen molar-refractivity contribution in [3.8, 4) is 5.75 Å². The van der Waals surface area contributed by atoms with Crippen LogP contribution >= 0.6 is 0 Å². The molecule has 1 aromatic rings.